The van der Waals surface area contributed by atoms with Crippen molar-refractivity contribution < 1.29 is 9.47 Å². The summed E-state index contributed by atoms with van der Waals surface area (Å²) in [7, 11) is 3.37. The van der Waals surface area contributed by atoms with Gasteiger partial charge >= 0.3 is 0 Å². The fraction of sp³-hybridized carbons (Fsp3) is 0.625. The zero-order valence-electron chi connectivity index (χ0n) is 11.8. The summed E-state index contributed by atoms with van der Waals surface area (Å²) in [6.45, 7) is 0. The van der Waals surface area contributed by atoms with E-state index in [1.807, 2.05) is 18.2 Å². The van der Waals surface area contributed by atoms with Crippen LogP contribution in [0.4, 0.5) is 0 Å². The Balaban J connectivity index is 2.09. The molecule has 0 N–H and O–H groups in total. The Bertz CT molecular complexity index is 400. The number of benzene rings is 1. The van der Waals surface area contributed by atoms with E-state index in [-0.39, 0.29) is 5.38 Å². The molecule has 3 heteroatoms. The Morgan fingerprint density at radius 3 is 2.53 bits per heavy atom. The van der Waals surface area contributed by atoms with Crippen molar-refractivity contribution in [2.24, 2.45) is 5.92 Å². The van der Waals surface area contributed by atoms with Gasteiger partial charge in [-0.2, -0.15) is 0 Å². The second-order valence-electron chi connectivity index (χ2n) is 5.32. The number of rotatable bonds is 5. The van der Waals surface area contributed by atoms with Crippen LogP contribution in [-0.2, 0) is 0 Å². The van der Waals surface area contributed by atoms with Crippen molar-refractivity contribution >= 4 is 11.6 Å². The summed E-state index contributed by atoms with van der Waals surface area (Å²) >= 11 is 6.62. The molecule has 1 aromatic carbocycles. The molecule has 106 valence electrons. The molecule has 2 rings (SSSR count). The molecule has 0 aliphatic heterocycles. The van der Waals surface area contributed by atoms with Gasteiger partial charge in [-0.1, -0.05) is 32.1 Å². The summed E-state index contributed by atoms with van der Waals surface area (Å²) in [5.74, 6) is 2.45. The molecule has 1 atom stereocenters. The lowest BCUT2D eigenvalue weighted by Crippen LogP contribution is -2.09. The quantitative estimate of drug-likeness (QED) is 0.711. The SMILES string of the molecule is COc1ccc(OC)c(C(Cl)CC2CCCCC2)c1. The molecule has 19 heavy (non-hydrogen) atoms. The fourth-order valence-electron chi connectivity index (χ4n) is 2.93. The molecule has 1 saturated carbocycles. The minimum Gasteiger partial charge on any atom is -0.497 e. The first-order chi connectivity index (χ1) is 9.24. The van der Waals surface area contributed by atoms with Gasteiger partial charge in [-0.15, -0.1) is 11.6 Å². The van der Waals surface area contributed by atoms with Gasteiger partial charge in [0, 0.05) is 5.56 Å². The molecule has 0 heterocycles. The second kappa shape index (κ2) is 7.04. The minimum absolute atomic E-state index is 0.00755. The largest absolute Gasteiger partial charge is 0.497 e. The number of alkyl halides is 1. The molecule has 2 nitrogen and oxygen atoms in total. The molecular formula is C16H23ClO2. The Morgan fingerprint density at radius 1 is 1.16 bits per heavy atom. The lowest BCUT2D eigenvalue weighted by Gasteiger charge is -2.24. The molecule has 0 bridgehead atoms. The van der Waals surface area contributed by atoms with E-state index in [9.17, 15) is 0 Å². The van der Waals surface area contributed by atoms with Crippen molar-refractivity contribution in [2.75, 3.05) is 14.2 Å². The van der Waals surface area contributed by atoms with Crippen LogP contribution < -0.4 is 9.47 Å². The van der Waals surface area contributed by atoms with E-state index in [1.54, 1.807) is 14.2 Å². The molecule has 1 unspecified atom stereocenters. The predicted octanol–water partition coefficient (Wildman–Crippen LogP) is 4.95. The maximum absolute atomic E-state index is 6.62. The first-order valence-corrected chi connectivity index (χ1v) is 7.54. The highest BCUT2D eigenvalue weighted by Crippen LogP contribution is 2.39. The van der Waals surface area contributed by atoms with Crippen LogP contribution in [0.2, 0.25) is 0 Å². The van der Waals surface area contributed by atoms with Crippen molar-refractivity contribution in [3.8, 4) is 11.5 Å². The summed E-state index contributed by atoms with van der Waals surface area (Å²) in [6, 6.07) is 5.84. The van der Waals surface area contributed by atoms with Crippen molar-refractivity contribution in [1.82, 2.24) is 0 Å². The molecule has 1 aromatic rings. The van der Waals surface area contributed by atoms with E-state index in [4.69, 9.17) is 21.1 Å². The van der Waals surface area contributed by atoms with Crippen LogP contribution in [0.3, 0.4) is 0 Å². The molecule has 0 saturated heterocycles. The Morgan fingerprint density at radius 2 is 1.89 bits per heavy atom. The summed E-state index contributed by atoms with van der Waals surface area (Å²) in [4.78, 5) is 0. The van der Waals surface area contributed by atoms with Crippen molar-refractivity contribution in [1.29, 1.82) is 0 Å². The lowest BCUT2D eigenvalue weighted by molar-refractivity contribution is 0.332. The van der Waals surface area contributed by atoms with E-state index in [1.165, 1.54) is 32.1 Å². The van der Waals surface area contributed by atoms with Gasteiger partial charge in [0.25, 0.3) is 0 Å². The third kappa shape index (κ3) is 3.79. The van der Waals surface area contributed by atoms with Crippen LogP contribution in [0.25, 0.3) is 0 Å². The van der Waals surface area contributed by atoms with Gasteiger partial charge in [-0.05, 0) is 30.5 Å². The maximum Gasteiger partial charge on any atom is 0.123 e. The van der Waals surface area contributed by atoms with E-state index >= 15 is 0 Å². The standard InChI is InChI=1S/C16H23ClO2/c1-18-13-8-9-16(19-2)14(11-13)15(17)10-12-6-4-3-5-7-12/h8-9,11-12,15H,3-7,10H2,1-2H3. The van der Waals surface area contributed by atoms with Crippen molar-refractivity contribution in [3.63, 3.8) is 0 Å². The third-order valence-corrected chi connectivity index (χ3v) is 4.45. The van der Waals surface area contributed by atoms with E-state index in [2.05, 4.69) is 0 Å². The topological polar surface area (TPSA) is 18.5 Å². The van der Waals surface area contributed by atoms with Crippen LogP contribution in [0.1, 0.15) is 49.5 Å². The summed E-state index contributed by atoms with van der Waals surface area (Å²) in [6.07, 6.45) is 7.75. The molecule has 0 amide bonds. The first-order valence-electron chi connectivity index (χ1n) is 7.10. The minimum atomic E-state index is 0.00755. The summed E-state index contributed by atoms with van der Waals surface area (Å²) < 4.78 is 10.7. The fourth-order valence-corrected chi connectivity index (χ4v) is 3.35. The number of hydrogen-bond acceptors (Lipinski definition) is 2. The predicted molar refractivity (Wildman–Crippen MR) is 79.3 cm³/mol. The van der Waals surface area contributed by atoms with Crippen LogP contribution in [0.15, 0.2) is 18.2 Å². The highest BCUT2D eigenvalue weighted by molar-refractivity contribution is 6.21. The highest BCUT2D eigenvalue weighted by Gasteiger charge is 2.21. The Kier molecular flexibility index (Phi) is 5.38. The third-order valence-electron chi connectivity index (χ3n) is 4.04. The molecule has 0 spiro atoms. The van der Waals surface area contributed by atoms with Gasteiger partial charge < -0.3 is 9.47 Å². The zero-order valence-corrected chi connectivity index (χ0v) is 12.6. The average molecular weight is 283 g/mol. The monoisotopic (exact) mass is 282 g/mol. The van der Waals surface area contributed by atoms with Crippen LogP contribution in [0.5, 0.6) is 11.5 Å². The van der Waals surface area contributed by atoms with E-state index in [0.717, 1.165) is 29.4 Å². The van der Waals surface area contributed by atoms with Gasteiger partial charge in [-0.25, -0.2) is 0 Å². The second-order valence-corrected chi connectivity index (χ2v) is 5.84. The molecule has 0 aromatic heterocycles. The normalized spacial score (nSPS) is 18.1. The number of halogens is 1. The van der Waals surface area contributed by atoms with Crippen LogP contribution in [0, 0.1) is 5.92 Å². The van der Waals surface area contributed by atoms with Crippen LogP contribution in [-0.4, -0.2) is 14.2 Å². The Labute approximate surface area is 121 Å². The van der Waals surface area contributed by atoms with Crippen molar-refractivity contribution in [3.05, 3.63) is 23.8 Å². The van der Waals surface area contributed by atoms with Gasteiger partial charge in [0.15, 0.2) is 0 Å². The number of ether oxygens (including phenoxy) is 2. The summed E-state index contributed by atoms with van der Waals surface area (Å²) in [5, 5.41) is 0.00755. The number of methoxy groups -OCH3 is 2. The average Bonchev–Trinajstić information content (AvgIpc) is 2.47. The van der Waals surface area contributed by atoms with Gasteiger partial charge in [0.2, 0.25) is 0 Å². The molecule has 1 aliphatic rings. The summed E-state index contributed by atoms with van der Waals surface area (Å²) in [5.41, 5.74) is 1.05. The highest BCUT2D eigenvalue weighted by atomic mass is 35.5. The number of hydrogen-bond donors (Lipinski definition) is 0. The lowest BCUT2D eigenvalue weighted by atomic mass is 9.85. The molecular weight excluding hydrogens is 260 g/mol. The van der Waals surface area contributed by atoms with E-state index in [0.29, 0.717) is 0 Å². The molecule has 0 radical (unpaired) electrons. The van der Waals surface area contributed by atoms with E-state index < -0.39 is 0 Å². The zero-order chi connectivity index (χ0) is 13.7. The van der Waals surface area contributed by atoms with Gasteiger partial charge in [0.1, 0.15) is 11.5 Å². The molecule has 1 aliphatic carbocycles. The van der Waals surface area contributed by atoms with Crippen molar-refractivity contribution in [2.45, 2.75) is 43.9 Å². The van der Waals surface area contributed by atoms with Gasteiger partial charge in [-0.3, -0.25) is 0 Å². The molecule has 1 fully saturated rings. The van der Waals surface area contributed by atoms with Crippen LogP contribution >= 0.6 is 11.6 Å². The first kappa shape index (κ1) is 14.5. The Hall–Kier alpha value is -0.890. The van der Waals surface area contributed by atoms with Gasteiger partial charge in [0.05, 0.1) is 19.6 Å². The smallest absolute Gasteiger partial charge is 0.123 e. The maximum atomic E-state index is 6.62.